The topological polar surface area (TPSA) is 52.6 Å². The van der Waals surface area contributed by atoms with E-state index in [0.29, 0.717) is 5.56 Å². The molecule has 33 heavy (non-hydrogen) atoms. The Hall–Kier alpha value is -3.11. The molecule has 0 aromatic heterocycles. The molecule has 2 aliphatic rings. The number of carbonyl (C=O) groups excluding carboxylic acids is 1. The molecule has 0 saturated carbocycles. The first-order valence-corrected chi connectivity index (χ1v) is 11.9. The Morgan fingerprint density at radius 3 is 1.82 bits per heavy atom. The minimum atomic E-state index is -0.177. The van der Waals surface area contributed by atoms with Crippen molar-refractivity contribution in [3.63, 3.8) is 0 Å². The van der Waals surface area contributed by atoms with E-state index in [-0.39, 0.29) is 29.9 Å². The van der Waals surface area contributed by atoms with E-state index < -0.39 is 0 Å². The van der Waals surface area contributed by atoms with Gasteiger partial charge in [-0.15, -0.1) is 0 Å². The van der Waals surface area contributed by atoms with Crippen molar-refractivity contribution in [2.45, 2.75) is 37.5 Å². The Morgan fingerprint density at radius 1 is 0.879 bits per heavy atom. The van der Waals surface area contributed by atoms with Gasteiger partial charge in [-0.25, -0.2) is 0 Å². The molecule has 4 nitrogen and oxygen atoms in total. The number of nitrogens with one attached hydrogen (secondary N) is 1. The van der Waals surface area contributed by atoms with Crippen LogP contribution in [-0.2, 0) is 10.8 Å². The molecule has 3 aromatic rings. The van der Waals surface area contributed by atoms with Crippen LogP contribution in [0.4, 0.5) is 5.69 Å². The normalized spacial score (nSPS) is 23.7. The number of rotatable bonds is 5. The first-order chi connectivity index (χ1) is 16.0. The molecular formula is C29H32N2O2. The van der Waals surface area contributed by atoms with Crippen LogP contribution in [0.2, 0.25) is 0 Å². The van der Waals surface area contributed by atoms with E-state index in [2.05, 4.69) is 96.9 Å². The highest BCUT2D eigenvalue weighted by Crippen LogP contribution is 2.53. The predicted octanol–water partition coefficient (Wildman–Crippen LogP) is 4.63. The highest BCUT2D eigenvalue weighted by molar-refractivity contribution is 5.96. The number of aliphatic hydroxyl groups is 1. The van der Waals surface area contributed by atoms with E-state index >= 15 is 0 Å². The quantitative estimate of drug-likeness (QED) is 0.608. The van der Waals surface area contributed by atoms with Gasteiger partial charge < -0.3 is 15.3 Å². The van der Waals surface area contributed by atoms with Crippen molar-refractivity contribution >= 4 is 11.6 Å². The molecule has 2 atom stereocenters. The summed E-state index contributed by atoms with van der Waals surface area (Å²) in [7, 11) is 0. The molecule has 0 radical (unpaired) electrons. The summed E-state index contributed by atoms with van der Waals surface area (Å²) in [5, 5.41) is 12.1. The maximum Gasteiger partial charge on any atom is 0.251 e. The Balaban J connectivity index is 1.76. The fourth-order valence-electron chi connectivity index (χ4n) is 5.75. The molecule has 2 aliphatic heterocycles. The van der Waals surface area contributed by atoms with Gasteiger partial charge in [0.05, 0.1) is 6.61 Å². The zero-order valence-corrected chi connectivity index (χ0v) is 19.5. The Morgan fingerprint density at radius 2 is 1.36 bits per heavy atom. The molecule has 0 fully saturated rings. The van der Waals surface area contributed by atoms with E-state index in [0.717, 1.165) is 25.9 Å². The van der Waals surface area contributed by atoms with Crippen molar-refractivity contribution in [2.24, 2.45) is 0 Å². The number of carbonyl (C=O) groups is 1. The molecule has 2 N–H and O–H groups in total. The third kappa shape index (κ3) is 3.53. The summed E-state index contributed by atoms with van der Waals surface area (Å²) in [6, 6.07) is 25.6. The van der Waals surface area contributed by atoms with Gasteiger partial charge in [0.2, 0.25) is 0 Å². The summed E-state index contributed by atoms with van der Waals surface area (Å²) in [5.41, 5.74) is 6.64. The summed E-state index contributed by atoms with van der Waals surface area (Å²) in [4.78, 5) is 15.6. The van der Waals surface area contributed by atoms with Crippen LogP contribution >= 0.6 is 0 Å². The molecule has 0 bridgehead atoms. The second kappa shape index (κ2) is 8.35. The lowest BCUT2D eigenvalue weighted by molar-refractivity contribution is 0.0944. The molecule has 1 amide bonds. The molecule has 0 aliphatic carbocycles. The van der Waals surface area contributed by atoms with Gasteiger partial charge >= 0.3 is 0 Å². The summed E-state index contributed by atoms with van der Waals surface area (Å²) in [6.07, 6.45) is 2.01. The lowest BCUT2D eigenvalue weighted by Crippen LogP contribution is -2.47. The van der Waals surface area contributed by atoms with Crippen molar-refractivity contribution in [1.82, 2.24) is 5.32 Å². The van der Waals surface area contributed by atoms with Crippen LogP contribution < -0.4 is 10.2 Å². The standard InChI is InChI=1S/C29H32N2O2/c1-28(22-9-5-3-6-10-22)13-16-31-17-14-29(2,23-11-7-4-8-12-23)25-20-21(19-24(28)26(25)31)27(33)30-15-18-32/h3-12,19-20,32H,13-18H2,1-2H3,(H,30,33)/t28-,29-/m0/s1. The van der Waals surface area contributed by atoms with Gasteiger partial charge in [-0.1, -0.05) is 74.5 Å². The first kappa shape index (κ1) is 21.7. The van der Waals surface area contributed by atoms with Crippen molar-refractivity contribution in [1.29, 1.82) is 0 Å². The van der Waals surface area contributed by atoms with E-state index in [1.807, 2.05) is 0 Å². The van der Waals surface area contributed by atoms with Crippen molar-refractivity contribution in [3.05, 3.63) is 101 Å². The van der Waals surface area contributed by atoms with Gasteiger partial charge in [0.1, 0.15) is 0 Å². The number of hydrogen-bond donors (Lipinski definition) is 2. The van der Waals surface area contributed by atoms with Crippen LogP contribution in [0.15, 0.2) is 72.8 Å². The zero-order chi connectivity index (χ0) is 23.1. The molecule has 5 rings (SSSR count). The van der Waals surface area contributed by atoms with E-state index in [1.165, 1.54) is 27.9 Å². The SMILES string of the molecule is C[C@@]1(c2ccccc2)CCN2CC[C@@](C)(c3ccccc3)c3cc(C(=O)NCCO)cc1c32. The van der Waals surface area contributed by atoms with Gasteiger partial charge in [0, 0.05) is 41.7 Å². The predicted molar refractivity (Wildman–Crippen MR) is 133 cm³/mol. The van der Waals surface area contributed by atoms with Gasteiger partial charge in [0.25, 0.3) is 5.91 Å². The highest BCUT2D eigenvalue weighted by atomic mass is 16.3. The Kier molecular flexibility index (Phi) is 5.49. The number of hydrogen-bond acceptors (Lipinski definition) is 3. The minimum absolute atomic E-state index is 0.0687. The summed E-state index contributed by atoms with van der Waals surface area (Å²) in [6.45, 7) is 6.83. The molecule has 170 valence electrons. The summed E-state index contributed by atoms with van der Waals surface area (Å²) >= 11 is 0. The average Bonchev–Trinajstić information content (AvgIpc) is 2.87. The van der Waals surface area contributed by atoms with E-state index in [9.17, 15) is 9.90 Å². The number of nitrogens with zero attached hydrogens (tertiary/aromatic N) is 1. The maximum absolute atomic E-state index is 13.1. The first-order valence-electron chi connectivity index (χ1n) is 11.9. The lowest BCUT2D eigenvalue weighted by Gasteiger charge is -2.50. The minimum Gasteiger partial charge on any atom is -0.395 e. The third-order valence-electron chi connectivity index (χ3n) is 7.86. The molecule has 2 heterocycles. The van der Waals surface area contributed by atoms with Gasteiger partial charge in [-0.3, -0.25) is 4.79 Å². The zero-order valence-electron chi connectivity index (χ0n) is 19.5. The maximum atomic E-state index is 13.1. The summed E-state index contributed by atoms with van der Waals surface area (Å²) < 4.78 is 0. The molecule has 4 heteroatoms. The fourth-order valence-corrected chi connectivity index (χ4v) is 5.75. The average molecular weight is 441 g/mol. The van der Waals surface area contributed by atoms with Crippen LogP contribution in [0.5, 0.6) is 0 Å². The fraction of sp³-hybridized carbons (Fsp3) is 0.345. The van der Waals surface area contributed by atoms with Crippen LogP contribution in [-0.4, -0.2) is 37.3 Å². The smallest absolute Gasteiger partial charge is 0.251 e. The molecule has 0 spiro atoms. The number of benzene rings is 3. The third-order valence-corrected chi connectivity index (χ3v) is 7.86. The second-order valence-corrected chi connectivity index (χ2v) is 9.78. The van der Waals surface area contributed by atoms with Crippen LogP contribution in [0, 0.1) is 0 Å². The summed E-state index contributed by atoms with van der Waals surface area (Å²) in [5.74, 6) is -0.128. The molecule has 3 aromatic carbocycles. The Bertz CT molecular complexity index is 1080. The molecular weight excluding hydrogens is 408 g/mol. The van der Waals surface area contributed by atoms with Gasteiger partial charge in [-0.2, -0.15) is 0 Å². The van der Waals surface area contributed by atoms with Crippen LogP contribution in [0.25, 0.3) is 0 Å². The highest BCUT2D eigenvalue weighted by Gasteiger charge is 2.45. The van der Waals surface area contributed by atoms with Gasteiger partial charge in [-0.05, 0) is 47.2 Å². The number of aliphatic hydroxyl groups excluding tert-OH is 1. The van der Waals surface area contributed by atoms with E-state index in [1.54, 1.807) is 0 Å². The monoisotopic (exact) mass is 440 g/mol. The number of anilines is 1. The molecule has 0 saturated heterocycles. The second-order valence-electron chi connectivity index (χ2n) is 9.78. The van der Waals surface area contributed by atoms with Crippen molar-refractivity contribution in [2.75, 3.05) is 31.1 Å². The molecule has 0 unspecified atom stereocenters. The van der Waals surface area contributed by atoms with Crippen LogP contribution in [0.1, 0.15) is 59.3 Å². The largest absolute Gasteiger partial charge is 0.395 e. The lowest BCUT2D eigenvalue weighted by atomic mass is 9.64. The van der Waals surface area contributed by atoms with Crippen molar-refractivity contribution in [3.8, 4) is 0 Å². The van der Waals surface area contributed by atoms with Crippen LogP contribution in [0.3, 0.4) is 0 Å². The number of amides is 1. The van der Waals surface area contributed by atoms with Crippen molar-refractivity contribution < 1.29 is 9.90 Å². The van der Waals surface area contributed by atoms with Gasteiger partial charge in [0.15, 0.2) is 0 Å². The Labute approximate surface area is 196 Å². The van der Waals surface area contributed by atoms with E-state index in [4.69, 9.17) is 0 Å².